The van der Waals surface area contributed by atoms with Crippen molar-refractivity contribution in [1.82, 2.24) is 5.32 Å². The maximum atomic E-state index is 12.5. The summed E-state index contributed by atoms with van der Waals surface area (Å²) in [5.74, 6) is -0.382. The second-order valence-corrected chi connectivity index (χ2v) is 4.28. The molecule has 0 aromatic carbocycles. The van der Waals surface area contributed by atoms with Gasteiger partial charge in [-0.1, -0.05) is 0 Å². The Bertz CT molecular complexity index is 238. The number of ether oxygens (including phenoxy) is 1. The van der Waals surface area contributed by atoms with E-state index in [-0.39, 0.29) is 5.91 Å². The standard InChI is InChI=1S/C10H19F3N2O2/c1-10(2,6-17-8(13)7(11)12)9(16)15-5-3-4-14/h7-8H,3-6,14H2,1-2H3,(H,15,16). The first-order valence-corrected chi connectivity index (χ1v) is 5.33. The van der Waals surface area contributed by atoms with Crippen LogP contribution in [0.1, 0.15) is 20.3 Å². The first-order valence-electron chi connectivity index (χ1n) is 5.33. The van der Waals surface area contributed by atoms with Gasteiger partial charge in [-0.05, 0) is 26.8 Å². The lowest BCUT2D eigenvalue weighted by molar-refractivity contribution is -0.156. The molecule has 0 aliphatic rings. The van der Waals surface area contributed by atoms with Gasteiger partial charge in [-0.15, -0.1) is 0 Å². The van der Waals surface area contributed by atoms with E-state index in [1.807, 2.05) is 0 Å². The highest BCUT2D eigenvalue weighted by Gasteiger charge is 2.31. The molecule has 0 rings (SSSR count). The predicted molar refractivity (Wildman–Crippen MR) is 57.3 cm³/mol. The summed E-state index contributed by atoms with van der Waals surface area (Å²) in [4.78, 5) is 11.6. The molecule has 3 N–H and O–H groups in total. The van der Waals surface area contributed by atoms with Gasteiger partial charge in [-0.3, -0.25) is 4.79 Å². The maximum Gasteiger partial charge on any atom is 0.293 e. The third-order valence-electron chi connectivity index (χ3n) is 2.08. The number of amides is 1. The monoisotopic (exact) mass is 256 g/mol. The number of halogens is 3. The molecule has 0 aromatic heterocycles. The fourth-order valence-electron chi connectivity index (χ4n) is 0.969. The van der Waals surface area contributed by atoms with Gasteiger partial charge in [0.15, 0.2) is 0 Å². The van der Waals surface area contributed by atoms with E-state index in [2.05, 4.69) is 10.1 Å². The Morgan fingerprint density at radius 2 is 2.00 bits per heavy atom. The lowest BCUT2D eigenvalue weighted by atomic mass is 9.93. The zero-order valence-corrected chi connectivity index (χ0v) is 10.0. The van der Waals surface area contributed by atoms with Gasteiger partial charge in [0.2, 0.25) is 5.91 Å². The zero-order valence-electron chi connectivity index (χ0n) is 10.0. The second kappa shape index (κ2) is 7.50. The lowest BCUT2D eigenvalue weighted by Crippen LogP contribution is -2.41. The molecule has 1 unspecified atom stereocenters. The van der Waals surface area contributed by atoms with Crippen LogP contribution in [0.25, 0.3) is 0 Å². The highest BCUT2D eigenvalue weighted by atomic mass is 19.3. The van der Waals surface area contributed by atoms with Crippen LogP contribution in [0.2, 0.25) is 0 Å². The fraction of sp³-hybridized carbons (Fsp3) is 0.900. The van der Waals surface area contributed by atoms with Crippen LogP contribution in [0, 0.1) is 5.41 Å². The van der Waals surface area contributed by atoms with E-state index in [1.165, 1.54) is 13.8 Å². The molecule has 0 spiro atoms. The maximum absolute atomic E-state index is 12.5. The highest BCUT2D eigenvalue weighted by Crippen LogP contribution is 2.18. The molecule has 0 aliphatic heterocycles. The van der Waals surface area contributed by atoms with Gasteiger partial charge < -0.3 is 15.8 Å². The SMILES string of the molecule is CC(C)(COC(F)C(F)F)C(=O)NCCCN. The van der Waals surface area contributed by atoms with Crippen LogP contribution in [0.5, 0.6) is 0 Å². The van der Waals surface area contributed by atoms with E-state index in [9.17, 15) is 18.0 Å². The number of hydrogen-bond acceptors (Lipinski definition) is 3. The first kappa shape index (κ1) is 16.2. The summed E-state index contributed by atoms with van der Waals surface area (Å²) in [5.41, 5.74) is 4.18. The van der Waals surface area contributed by atoms with Crippen molar-refractivity contribution in [1.29, 1.82) is 0 Å². The van der Waals surface area contributed by atoms with Crippen LogP contribution in [0.4, 0.5) is 13.2 Å². The first-order chi connectivity index (χ1) is 7.81. The molecule has 0 fully saturated rings. The molecule has 0 saturated carbocycles. The number of alkyl halides is 3. The Balaban J connectivity index is 4.04. The van der Waals surface area contributed by atoms with Crippen LogP contribution >= 0.6 is 0 Å². The molecule has 0 bridgehead atoms. The molecular weight excluding hydrogens is 237 g/mol. The number of carbonyl (C=O) groups excluding carboxylic acids is 1. The summed E-state index contributed by atoms with van der Waals surface area (Å²) >= 11 is 0. The van der Waals surface area contributed by atoms with E-state index in [0.717, 1.165) is 0 Å². The molecule has 0 saturated heterocycles. The molecule has 102 valence electrons. The Labute approximate surface area is 98.7 Å². The smallest absolute Gasteiger partial charge is 0.293 e. The molecule has 4 nitrogen and oxygen atoms in total. The van der Waals surface area contributed by atoms with Gasteiger partial charge in [0.1, 0.15) is 0 Å². The van der Waals surface area contributed by atoms with E-state index >= 15 is 0 Å². The molecule has 0 heterocycles. The summed E-state index contributed by atoms with van der Waals surface area (Å²) in [7, 11) is 0. The van der Waals surface area contributed by atoms with Crippen molar-refractivity contribution >= 4 is 5.91 Å². The van der Waals surface area contributed by atoms with Crippen molar-refractivity contribution in [2.45, 2.75) is 33.1 Å². The number of nitrogens with one attached hydrogen (secondary N) is 1. The largest absolute Gasteiger partial charge is 0.356 e. The van der Waals surface area contributed by atoms with Gasteiger partial charge in [0.25, 0.3) is 12.8 Å². The fourth-order valence-corrected chi connectivity index (χ4v) is 0.969. The summed E-state index contributed by atoms with van der Waals surface area (Å²) in [5, 5.41) is 2.57. The van der Waals surface area contributed by atoms with Gasteiger partial charge in [0.05, 0.1) is 12.0 Å². The molecule has 17 heavy (non-hydrogen) atoms. The molecule has 1 atom stereocenters. The molecule has 0 radical (unpaired) electrons. The van der Waals surface area contributed by atoms with Crippen molar-refractivity contribution in [3.05, 3.63) is 0 Å². The van der Waals surface area contributed by atoms with Gasteiger partial charge in [-0.2, -0.15) is 0 Å². The summed E-state index contributed by atoms with van der Waals surface area (Å²) in [6.45, 7) is 3.40. The normalized spacial score (nSPS) is 13.8. The van der Waals surface area contributed by atoms with Crippen LogP contribution < -0.4 is 11.1 Å². The van der Waals surface area contributed by atoms with E-state index < -0.39 is 24.8 Å². The minimum atomic E-state index is -3.20. The van der Waals surface area contributed by atoms with Gasteiger partial charge in [-0.25, -0.2) is 13.2 Å². The Kier molecular flexibility index (Phi) is 7.13. The molecular formula is C10H19F3N2O2. The van der Waals surface area contributed by atoms with Gasteiger partial charge >= 0.3 is 0 Å². The number of carbonyl (C=O) groups is 1. The summed E-state index contributed by atoms with van der Waals surface area (Å²) < 4.78 is 40.5. The van der Waals surface area contributed by atoms with Crippen molar-refractivity contribution in [2.24, 2.45) is 11.1 Å². The number of rotatable bonds is 8. The third-order valence-corrected chi connectivity index (χ3v) is 2.08. The number of nitrogens with two attached hydrogens (primary N) is 1. The second-order valence-electron chi connectivity index (χ2n) is 4.28. The minimum Gasteiger partial charge on any atom is -0.356 e. The molecule has 7 heteroatoms. The molecule has 0 aromatic rings. The highest BCUT2D eigenvalue weighted by molar-refractivity contribution is 5.81. The zero-order chi connectivity index (χ0) is 13.5. The van der Waals surface area contributed by atoms with Crippen molar-refractivity contribution < 1.29 is 22.7 Å². The van der Waals surface area contributed by atoms with Crippen LogP contribution in [0.3, 0.4) is 0 Å². The van der Waals surface area contributed by atoms with Crippen molar-refractivity contribution in [3.63, 3.8) is 0 Å². The van der Waals surface area contributed by atoms with Gasteiger partial charge in [0, 0.05) is 6.54 Å². The lowest BCUT2D eigenvalue weighted by Gasteiger charge is -2.24. The summed E-state index contributed by atoms with van der Waals surface area (Å²) in [6.07, 6.45) is -5.25. The Morgan fingerprint density at radius 3 is 2.47 bits per heavy atom. The van der Waals surface area contributed by atoms with E-state index in [4.69, 9.17) is 5.73 Å². The van der Waals surface area contributed by atoms with Crippen molar-refractivity contribution in [2.75, 3.05) is 19.7 Å². The summed E-state index contributed by atoms with van der Waals surface area (Å²) in [6, 6.07) is 0. The van der Waals surface area contributed by atoms with Crippen LogP contribution in [-0.2, 0) is 9.53 Å². The third kappa shape index (κ3) is 6.48. The average Bonchev–Trinajstić information content (AvgIpc) is 2.25. The quantitative estimate of drug-likeness (QED) is 0.638. The Morgan fingerprint density at radius 1 is 1.41 bits per heavy atom. The topological polar surface area (TPSA) is 64.3 Å². The molecule has 1 amide bonds. The predicted octanol–water partition coefficient (Wildman–Crippen LogP) is 1.05. The minimum absolute atomic E-state index is 0.382. The molecule has 0 aliphatic carbocycles. The van der Waals surface area contributed by atoms with Crippen LogP contribution in [0.15, 0.2) is 0 Å². The average molecular weight is 256 g/mol. The van der Waals surface area contributed by atoms with E-state index in [0.29, 0.717) is 19.5 Å². The van der Waals surface area contributed by atoms with Crippen LogP contribution in [-0.4, -0.2) is 38.4 Å². The number of hydrogen-bond donors (Lipinski definition) is 2. The van der Waals surface area contributed by atoms with E-state index in [1.54, 1.807) is 0 Å². The van der Waals surface area contributed by atoms with Crippen molar-refractivity contribution in [3.8, 4) is 0 Å². The Hall–Kier alpha value is -0.820.